The van der Waals surface area contributed by atoms with Crippen LogP contribution in [0.5, 0.6) is 11.5 Å². The number of hydrogen-bond donors (Lipinski definition) is 1. The summed E-state index contributed by atoms with van der Waals surface area (Å²) in [5.74, 6) is 1.45. The maximum absolute atomic E-state index is 12.7. The van der Waals surface area contributed by atoms with Gasteiger partial charge in [-0.15, -0.1) is 0 Å². The molecule has 1 N–H and O–H groups in total. The van der Waals surface area contributed by atoms with Gasteiger partial charge in [0.2, 0.25) is 6.79 Å². The molecular formula is C18H17NO4. The number of aliphatic hydroxyl groups is 1. The van der Waals surface area contributed by atoms with Gasteiger partial charge in [0.1, 0.15) is 0 Å². The highest BCUT2D eigenvalue weighted by Crippen LogP contribution is 2.42. The number of aliphatic hydroxyl groups excluding tert-OH is 1. The molecule has 0 fully saturated rings. The van der Waals surface area contributed by atoms with Crippen molar-refractivity contribution in [1.29, 1.82) is 0 Å². The Hall–Kier alpha value is -2.53. The molecule has 2 aliphatic rings. The van der Waals surface area contributed by atoms with E-state index in [4.69, 9.17) is 14.6 Å². The van der Waals surface area contributed by atoms with Crippen LogP contribution in [0.3, 0.4) is 0 Å². The Bertz CT molecular complexity index is 758. The molecule has 0 aliphatic carbocycles. The molecule has 1 amide bonds. The van der Waals surface area contributed by atoms with Gasteiger partial charge in [-0.05, 0) is 35.7 Å². The number of carbonyl (C=O) groups excluding carboxylic acids is 1. The van der Waals surface area contributed by atoms with Crippen LogP contribution in [-0.2, 0) is 0 Å². The Morgan fingerprint density at radius 3 is 2.83 bits per heavy atom. The van der Waals surface area contributed by atoms with Crippen LogP contribution in [0.2, 0.25) is 0 Å². The Kier molecular flexibility index (Phi) is 3.42. The Labute approximate surface area is 134 Å². The summed E-state index contributed by atoms with van der Waals surface area (Å²) in [6, 6.07) is 13.3. The molecule has 4 rings (SSSR count). The molecule has 118 valence electrons. The van der Waals surface area contributed by atoms with Crippen LogP contribution in [0.15, 0.2) is 42.5 Å². The molecular weight excluding hydrogens is 294 g/mol. The second-order valence-electron chi connectivity index (χ2n) is 5.68. The third kappa shape index (κ3) is 2.24. The van der Waals surface area contributed by atoms with Gasteiger partial charge in [0.15, 0.2) is 11.5 Å². The highest BCUT2D eigenvalue weighted by atomic mass is 16.7. The summed E-state index contributed by atoms with van der Waals surface area (Å²) in [5.41, 5.74) is 2.72. The van der Waals surface area contributed by atoms with Gasteiger partial charge in [-0.25, -0.2) is 0 Å². The number of rotatable bonds is 4. The van der Waals surface area contributed by atoms with Crippen LogP contribution < -0.4 is 9.47 Å². The zero-order valence-corrected chi connectivity index (χ0v) is 12.6. The van der Waals surface area contributed by atoms with Crippen molar-refractivity contribution < 1.29 is 19.4 Å². The van der Waals surface area contributed by atoms with Gasteiger partial charge in [-0.1, -0.05) is 24.3 Å². The first kappa shape index (κ1) is 14.1. The molecule has 23 heavy (non-hydrogen) atoms. The maximum atomic E-state index is 12.7. The Balaban J connectivity index is 1.78. The van der Waals surface area contributed by atoms with Crippen molar-refractivity contribution in [3.8, 4) is 11.5 Å². The molecule has 0 aromatic heterocycles. The Morgan fingerprint density at radius 1 is 1.13 bits per heavy atom. The first-order chi connectivity index (χ1) is 11.3. The van der Waals surface area contributed by atoms with Gasteiger partial charge in [0.25, 0.3) is 5.91 Å². The van der Waals surface area contributed by atoms with Crippen molar-refractivity contribution in [2.24, 2.45) is 0 Å². The molecule has 0 spiro atoms. The van der Waals surface area contributed by atoms with Gasteiger partial charge in [-0.3, -0.25) is 4.79 Å². The molecule has 2 aromatic rings. The van der Waals surface area contributed by atoms with Crippen LogP contribution >= 0.6 is 0 Å². The first-order valence-electron chi connectivity index (χ1n) is 7.70. The third-order valence-corrected chi connectivity index (χ3v) is 4.33. The molecule has 0 saturated carbocycles. The van der Waals surface area contributed by atoms with Gasteiger partial charge < -0.3 is 19.5 Å². The van der Waals surface area contributed by atoms with E-state index >= 15 is 0 Å². The average molecular weight is 311 g/mol. The lowest BCUT2D eigenvalue weighted by atomic mass is 9.97. The number of carbonyl (C=O) groups is 1. The zero-order chi connectivity index (χ0) is 15.8. The second kappa shape index (κ2) is 5.59. The van der Waals surface area contributed by atoms with Gasteiger partial charge in [0.05, 0.1) is 6.04 Å². The van der Waals surface area contributed by atoms with E-state index in [-0.39, 0.29) is 25.3 Å². The highest BCUT2D eigenvalue weighted by Gasteiger charge is 2.37. The molecule has 0 radical (unpaired) electrons. The normalized spacial score (nSPS) is 18.4. The first-order valence-corrected chi connectivity index (χ1v) is 7.70. The summed E-state index contributed by atoms with van der Waals surface area (Å²) in [7, 11) is 0. The molecule has 5 heteroatoms. The fourth-order valence-corrected chi connectivity index (χ4v) is 3.28. The fraction of sp³-hybridized carbons (Fsp3) is 0.278. The van der Waals surface area contributed by atoms with Crippen LogP contribution in [0, 0.1) is 0 Å². The van der Waals surface area contributed by atoms with E-state index in [1.54, 1.807) is 0 Å². The molecule has 0 saturated heterocycles. The van der Waals surface area contributed by atoms with E-state index < -0.39 is 0 Å². The minimum absolute atomic E-state index is 0.0108. The molecule has 5 nitrogen and oxygen atoms in total. The van der Waals surface area contributed by atoms with Crippen molar-refractivity contribution in [3.05, 3.63) is 59.2 Å². The lowest BCUT2D eigenvalue weighted by Crippen LogP contribution is -2.30. The van der Waals surface area contributed by atoms with Crippen LogP contribution in [0.25, 0.3) is 0 Å². The second-order valence-corrected chi connectivity index (χ2v) is 5.68. The predicted octanol–water partition coefficient (Wildman–Crippen LogP) is 2.34. The van der Waals surface area contributed by atoms with E-state index in [9.17, 15) is 4.79 Å². The Morgan fingerprint density at radius 2 is 1.96 bits per heavy atom. The fourth-order valence-electron chi connectivity index (χ4n) is 3.28. The largest absolute Gasteiger partial charge is 0.454 e. The molecule has 2 heterocycles. The topological polar surface area (TPSA) is 59.0 Å². The summed E-state index contributed by atoms with van der Waals surface area (Å²) in [4.78, 5) is 14.5. The number of hydrogen-bond acceptors (Lipinski definition) is 4. The van der Waals surface area contributed by atoms with E-state index in [0.717, 1.165) is 22.4 Å². The number of amides is 1. The summed E-state index contributed by atoms with van der Waals surface area (Å²) in [6.07, 6.45) is 0.556. The number of ether oxygens (including phenoxy) is 2. The summed E-state index contributed by atoms with van der Waals surface area (Å²) in [5, 5.41) is 9.14. The molecule has 2 aromatic carbocycles. The average Bonchev–Trinajstić information content (AvgIpc) is 3.15. The number of benzene rings is 2. The summed E-state index contributed by atoms with van der Waals surface area (Å²) >= 11 is 0. The molecule has 1 unspecified atom stereocenters. The van der Waals surface area contributed by atoms with Crippen molar-refractivity contribution in [1.82, 2.24) is 4.90 Å². The van der Waals surface area contributed by atoms with Crippen LogP contribution in [-0.4, -0.2) is 35.9 Å². The minimum atomic E-state index is -0.153. The van der Waals surface area contributed by atoms with E-state index in [0.29, 0.717) is 18.7 Å². The van der Waals surface area contributed by atoms with Crippen molar-refractivity contribution in [2.75, 3.05) is 19.9 Å². The van der Waals surface area contributed by atoms with Gasteiger partial charge >= 0.3 is 0 Å². The summed E-state index contributed by atoms with van der Waals surface area (Å²) < 4.78 is 10.8. The van der Waals surface area contributed by atoms with E-state index in [1.807, 2.05) is 47.4 Å². The summed E-state index contributed by atoms with van der Waals surface area (Å²) in [6.45, 7) is 0.810. The third-order valence-electron chi connectivity index (χ3n) is 4.33. The van der Waals surface area contributed by atoms with Gasteiger partial charge in [-0.2, -0.15) is 0 Å². The van der Waals surface area contributed by atoms with Crippen LogP contribution in [0.4, 0.5) is 0 Å². The lowest BCUT2D eigenvalue weighted by Gasteiger charge is -2.25. The minimum Gasteiger partial charge on any atom is -0.454 e. The van der Waals surface area contributed by atoms with Gasteiger partial charge in [0, 0.05) is 18.7 Å². The van der Waals surface area contributed by atoms with Crippen molar-refractivity contribution in [2.45, 2.75) is 12.5 Å². The van der Waals surface area contributed by atoms with Crippen molar-refractivity contribution in [3.63, 3.8) is 0 Å². The van der Waals surface area contributed by atoms with E-state index in [2.05, 4.69) is 0 Å². The highest BCUT2D eigenvalue weighted by molar-refractivity contribution is 5.99. The molecule has 1 atom stereocenters. The molecule has 2 aliphatic heterocycles. The number of nitrogens with zero attached hydrogens (tertiary/aromatic N) is 1. The van der Waals surface area contributed by atoms with Crippen molar-refractivity contribution >= 4 is 5.91 Å². The van der Waals surface area contributed by atoms with E-state index in [1.165, 1.54) is 0 Å². The number of fused-ring (bicyclic) bond motifs is 2. The maximum Gasteiger partial charge on any atom is 0.255 e. The standard InChI is InChI=1S/C18H17NO4/c20-9-3-8-19-17(13-4-1-2-5-14(13)18(19)21)12-6-7-15-16(10-12)23-11-22-15/h1-2,4-7,10,17,20H,3,8-9,11H2. The monoisotopic (exact) mass is 311 g/mol. The smallest absolute Gasteiger partial charge is 0.255 e. The predicted molar refractivity (Wildman–Crippen MR) is 83.6 cm³/mol. The zero-order valence-electron chi connectivity index (χ0n) is 12.6. The molecule has 0 bridgehead atoms. The lowest BCUT2D eigenvalue weighted by molar-refractivity contribution is 0.0737. The van der Waals surface area contributed by atoms with Crippen LogP contribution in [0.1, 0.15) is 33.9 Å². The SMILES string of the molecule is O=C1c2ccccc2C(c2ccc3c(c2)OCO3)N1CCCO. The quantitative estimate of drug-likeness (QED) is 0.941.